The van der Waals surface area contributed by atoms with Gasteiger partial charge in [0.05, 0.1) is 32.0 Å². The molecule has 1 saturated heterocycles. The van der Waals surface area contributed by atoms with Crippen molar-refractivity contribution in [1.29, 1.82) is 0 Å². The third-order valence-electron chi connectivity index (χ3n) is 5.29. The van der Waals surface area contributed by atoms with Gasteiger partial charge in [0.2, 0.25) is 5.91 Å². The van der Waals surface area contributed by atoms with E-state index in [0.29, 0.717) is 49.8 Å². The number of carbonyl (C=O) groups is 3. The molecule has 30 heavy (non-hydrogen) atoms. The highest BCUT2D eigenvalue weighted by Crippen LogP contribution is 2.37. The molecule has 1 fully saturated rings. The van der Waals surface area contributed by atoms with Crippen molar-refractivity contribution in [2.75, 3.05) is 51.9 Å². The number of ether oxygens (including phenoxy) is 2. The number of hydroxylamine groups is 3. The lowest BCUT2D eigenvalue weighted by molar-refractivity contribution is -0.825. The molecule has 10 nitrogen and oxygen atoms in total. The first kappa shape index (κ1) is 22.3. The molecule has 2 atom stereocenters. The average molecular weight is 420 g/mol. The molecule has 164 valence electrons. The summed E-state index contributed by atoms with van der Waals surface area (Å²) in [6.07, 6.45) is 0.129. The van der Waals surface area contributed by atoms with Crippen LogP contribution in [-0.2, 0) is 25.6 Å². The molecule has 2 unspecified atom stereocenters. The Morgan fingerprint density at radius 2 is 1.87 bits per heavy atom. The normalized spacial score (nSPS) is 23.4. The monoisotopic (exact) mass is 420 g/mol. The van der Waals surface area contributed by atoms with Crippen LogP contribution < -0.4 is 16.0 Å². The number of quaternary nitrogens is 1. The van der Waals surface area contributed by atoms with Crippen molar-refractivity contribution in [1.82, 2.24) is 10.6 Å². The fraction of sp³-hybridized carbons (Fsp3) is 0.550. The Hall–Kier alpha value is -2.37. The van der Waals surface area contributed by atoms with E-state index in [0.717, 1.165) is 6.54 Å². The van der Waals surface area contributed by atoms with E-state index >= 15 is 0 Å². The fourth-order valence-electron chi connectivity index (χ4n) is 3.72. The van der Waals surface area contributed by atoms with Gasteiger partial charge in [-0.3, -0.25) is 19.6 Å². The molecule has 0 radical (unpaired) electrons. The highest BCUT2D eigenvalue weighted by molar-refractivity contribution is 6.02. The van der Waals surface area contributed by atoms with Crippen molar-refractivity contribution < 1.29 is 28.5 Å². The van der Waals surface area contributed by atoms with E-state index in [1.54, 1.807) is 18.2 Å². The third kappa shape index (κ3) is 4.85. The molecule has 0 aliphatic carbocycles. The lowest BCUT2D eigenvalue weighted by atomic mass is 10.0. The first-order valence-corrected chi connectivity index (χ1v) is 10.1. The molecule has 3 N–H and O–H groups in total. The molecule has 2 heterocycles. The maximum Gasteiger partial charge on any atom is 0.347 e. The number of nitrogens with zero attached hydrogens (tertiary/aromatic N) is 1. The Balaban J connectivity index is 1.55. The molecule has 10 heteroatoms. The number of fused-ring (bicyclic) bond motifs is 1. The van der Waals surface area contributed by atoms with Crippen LogP contribution in [0.2, 0.25) is 0 Å². The first-order chi connectivity index (χ1) is 14.5. The van der Waals surface area contributed by atoms with E-state index in [1.165, 1.54) is 0 Å². The maximum absolute atomic E-state index is 13.4. The summed E-state index contributed by atoms with van der Waals surface area (Å²) in [5.41, 5.74) is 1.59. The fourth-order valence-corrected chi connectivity index (χ4v) is 3.72. The number of anilines is 1. The topological polar surface area (TPSA) is 129 Å². The number of hydrogen-bond donors (Lipinski definition) is 3. The minimum Gasteiger partial charge on any atom is -0.624 e. The van der Waals surface area contributed by atoms with E-state index in [9.17, 15) is 19.6 Å². The summed E-state index contributed by atoms with van der Waals surface area (Å²) in [6.45, 7) is 3.22. The van der Waals surface area contributed by atoms with Gasteiger partial charge in [0.15, 0.2) is 6.04 Å². The Morgan fingerprint density at radius 1 is 1.13 bits per heavy atom. The molecule has 3 rings (SSSR count). The summed E-state index contributed by atoms with van der Waals surface area (Å²) >= 11 is 0. The number of imide groups is 1. The number of amides is 3. The predicted molar refractivity (Wildman–Crippen MR) is 108 cm³/mol. The molecule has 2 aliphatic heterocycles. The van der Waals surface area contributed by atoms with Crippen molar-refractivity contribution in [3.63, 3.8) is 0 Å². The van der Waals surface area contributed by atoms with Gasteiger partial charge in [-0.2, -0.15) is 0 Å². The van der Waals surface area contributed by atoms with Crippen LogP contribution in [0.4, 0.5) is 5.69 Å². The van der Waals surface area contributed by atoms with Gasteiger partial charge >= 0.3 is 5.91 Å². The molecular weight excluding hydrogens is 392 g/mol. The van der Waals surface area contributed by atoms with E-state index < -0.39 is 28.4 Å². The standard InChI is InChI=1S/C20H28N4O6/c1-21-7-9-29-11-12-30-10-8-22-16-4-2-3-14-15(16)13-24(28,20(14)27)17-5-6-18(25)23-19(17)26/h2-4,17,21-22H,5-13H2,1H3,(H,23,25,26). The number of piperidine rings is 1. The predicted octanol–water partition coefficient (Wildman–Crippen LogP) is 0.125. The van der Waals surface area contributed by atoms with Gasteiger partial charge in [0.25, 0.3) is 5.91 Å². The highest BCUT2D eigenvalue weighted by Gasteiger charge is 2.49. The van der Waals surface area contributed by atoms with Gasteiger partial charge in [-0.25, -0.2) is 4.79 Å². The van der Waals surface area contributed by atoms with Crippen molar-refractivity contribution in [2.45, 2.75) is 25.4 Å². The van der Waals surface area contributed by atoms with Gasteiger partial charge < -0.3 is 25.3 Å². The number of benzene rings is 1. The van der Waals surface area contributed by atoms with Crippen LogP contribution in [0.15, 0.2) is 18.2 Å². The Labute approximate surface area is 175 Å². The largest absolute Gasteiger partial charge is 0.624 e. The van der Waals surface area contributed by atoms with Crippen LogP contribution in [0.3, 0.4) is 0 Å². The van der Waals surface area contributed by atoms with Crippen LogP contribution in [-0.4, -0.2) is 75.0 Å². The molecule has 2 aliphatic rings. The quantitative estimate of drug-likeness (QED) is 0.199. The van der Waals surface area contributed by atoms with Crippen LogP contribution in [0.5, 0.6) is 0 Å². The summed E-state index contributed by atoms with van der Waals surface area (Å²) in [4.78, 5) is 36.4. The average Bonchev–Trinajstić information content (AvgIpc) is 2.98. The van der Waals surface area contributed by atoms with Crippen molar-refractivity contribution in [2.24, 2.45) is 0 Å². The second kappa shape index (κ2) is 10.1. The van der Waals surface area contributed by atoms with E-state index in [-0.39, 0.29) is 19.4 Å². The minimum absolute atomic E-state index is 0.0589. The number of carbonyl (C=O) groups excluding carboxylic acids is 3. The van der Waals surface area contributed by atoms with Gasteiger partial charge in [-0.05, 0) is 19.2 Å². The summed E-state index contributed by atoms with van der Waals surface area (Å²) in [5.74, 6) is -1.73. The molecule has 0 saturated carbocycles. The van der Waals surface area contributed by atoms with E-state index in [2.05, 4.69) is 16.0 Å². The minimum atomic E-state index is -1.28. The first-order valence-electron chi connectivity index (χ1n) is 10.1. The molecular formula is C20H28N4O6. The van der Waals surface area contributed by atoms with Crippen LogP contribution in [0, 0.1) is 5.21 Å². The van der Waals surface area contributed by atoms with Gasteiger partial charge in [-0.1, -0.05) is 6.07 Å². The Morgan fingerprint density at radius 3 is 2.57 bits per heavy atom. The lowest BCUT2D eigenvalue weighted by Crippen LogP contribution is -2.60. The van der Waals surface area contributed by atoms with Crippen molar-refractivity contribution in [3.8, 4) is 0 Å². The van der Waals surface area contributed by atoms with Gasteiger partial charge in [0, 0.05) is 37.2 Å². The molecule has 0 bridgehead atoms. The SMILES string of the molecule is CNCCOCCOCCNc1cccc2c1C[N+]([O-])(C1CCC(=O)NC1=O)C2=O. The Bertz CT molecular complexity index is 802. The number of likely N-dealkylation sites (N-methyl/N-ethyl adjacent to an activating group) is 1. The number of rotatable bonds is 11. The molecule has 0 spiro atoms. The Kier molecular flexibility index (Phi) is 7.51. The zero-order chi connectivity index (χ0) is 21.6. The lowest BCUT2D eigenvalue weighted by Gasteiger charge is -2.42. The summed E-state index contributed by atoms with van der Waals surface area (Å²) < 4.78 is 9.60. The van der Waals surface area contributed by atoms with Gasteiger partial charge in [-0.15, -0.1) is 0 Å². The van der Waals surface area contributed by atoms with Gasteiger partial charge in [0.1, 0.15) is 6.54 Å². The second-order valence-electron chi connectivity index (χ2n) is 7.31. The second-order valence-corrected chi connectivity index (χ2v) is 7.31. The highest BCUT2D eigenvalue weighted by atomic mass is 16.6. The molecule has 1 aromatic carbocycles. The number of nitrogens with one attached hydrogen (secondary N) is 3. The van der Waals surface area contributed by atoms with Crippen molar-refractivity contribution in [3.05, 3.63) is 34.5 Å². The maximum atomic E-state index is 13.4. The third-order valence-corrected chi connectivity index (χ3v) is 5.29. The molecule has 0 aromatic heterocycles. The van der Waals surface area contributed by atoms with Crippen molar-refractivity contribution >= 4 is 23.4 Å². The summed E-state index contributed by atoms with van der Waals surface area (Å²) in [7, 11) is 1.86. The van der Waals surface area contributed by atoms with Crippen LogP contribution >= 0.6 is 0 Å². The van der Waals surface area contributed by atoms with E-state index in [4.69, 9.17) is 9.47 Å². The summed E-state index contributed by atoms with van der Waals surface area (Å²) in [5, 5.41) is 21.7. The molecule has 3 amide bonds. The van der Waals surface area contributed by atoms with E-state index in [1.807, 2.05) is 7.05 Å². The van der Waals surface area contributed by atoms with Crippen LogP contribution in [0.25, 0.3) is 0 Å². The zero-order valence-electron chi connectivity index (χ0n) is 17.1. The smallest absolute Gasteiger partial charge is 0.347 e. The molecule has 1 aromatic rings. The summed E-state index contributed by atoms with van der Waals surface area (Å²) in [6, 6.07) is 4.00. The number of hydrogen-bond acceptors (Lipinski definition) is 8. The van der Waals surface area contributed by atoms with Crippen LogP contribution in [0.1, 0.15) is 28.8 Å². The zero-order valence-corrected chi connectivity index (χ0v) is 17.1.